The number of hydrogen-bond acceptors (Lipinski definition) is 4. The number of ether oxygens (including phenoxy) is 1. The monoisotopic (exact) mass is 248 g/mol. The number of rotatable bonds is 3. The zero-order valence-corrected chi connectivity index (χ0v) is 10.7. The molecular formula is C14H20N2O2. The molecular weight excluding hydrogens is 228 g/mol. The molecule has 1 aromatic rings. The van der Waals surface area contributed by atoms with Crippen LogP contribution in [0.3, 0.4) is 0 Å². The Labute approximate surface area is 108 Å². The van der Waals surface area contributed by atoms with Crippen molar-refractivity contribution in [3.8, 4) is 0 Å². The molecule has 0 spiro atoms. The Bertz CT molecular complexity index is 428. The van der Waals surface area contributed by atoms with Gasteiger partial charge in [-0.1, -0.05) is 12.1 Å². The van der Waals surface area contributed by atoms with Crippen molar-refractivity contribution in [3.05, 3.63) is 29.8 Å². The van der Waals surface area contributed by atoms with Gasteiger partial charge in [0.2, 0.25) is 0 Å². The largest absolute Gasteiger partial charge is 0.390 e. The van der Waals surface area contributed by atoms with Gasteiger partial charge in [-0.05, 0) is 17.7 Å². The lowest BCUT2D eigenvalue weighted by atomic mass is 10.1. The van der Waals surface area contributed by atoms with E-state index >= 15 is 0 Å². The van der Waals surface area contributed by atoms with E-state index in [0.717, 1.165) is 31.7 Å². The van der Waals surface area contributed by atoms with Crippen molar-refractivity contribution in [2.45, 2.75) is 18.1 Å². The van der Waals surface area contributed by atoms with E-state index < -0.39 is 5.60 Å². The van der Waals surface area contributed by atoms with Crippen molar-refractivity contribution >= 4 is 5.69 Å². The van der Waals surface area contributed by atoms with Gasteiger partial charge in [-0.2, -0.15) is 0 Å². The molecule has 2 N–H and O–H groups in total. The number of piperazine rings is 1. The van der Waals surface area contributed by atoms with E-state index in [1.165, 1.54) is 5.69 Å². The summed E-state index contributed by atoms with van der Waals surface area (Å²) in [6.07, 6.45) is 0.342. The van der Waals surface area contributed by atoms with E-state index in [9.17, 15) is 5.11 Å². The molecule has 2 atom stereocenters. The maximum Gasteiger partial charge on any atom is 0.121 e. The Morgan fingerprint density at radius 1 is 1.39 bits per heavy atom. The average Bonchev–Trinajstić information content (AvgIpc) is 3.12. The summed E-state index contributed by atoms with van der Waals surface area (Å²) >= 11 is 0. The molecule has 2 aliphatic rings. The zero-order chi connectivity index (χ0) is 12.6. The summed E-state index contributed by atoms with van der Waals surface area (Å²) in [7, 11) is 1.67. The molecule has 0 aromatic heterocycles. The number of nitrogens with zero attached hydrogens (tertiary/aromatic N) is 1. The maximum atomic E-state index is 9.78. The van der Waals surface area contributed by atoms with Gasteiger partial charge in [0, 0.05) is 45.4 Å². The van der Waals surface area contributed by atoms with Crippen LogP contribution in [0.4, 0.5) is 5.69 Å². The lowest BCUT2D eigenvalue weighted by molar-refractivity contribution is 0.0346. The first-order valence-corrected chi connectivity index (χ1v) is 6.56. The highest BCUT2D eigenvalue weighted by Crippen LogP contribution is 2.49. The molecule has 1 saturated carbocycles. The summed E-state index contributed by atoms with van der Waals surface area (Å²) in [6.45, 7) is 4.13. The van der Waals surface area contributed by atoms with Crippen LogP contribution in [0, 0.1) is 0 Å². The second-order valence-corrected chi connectivity index (χ2v) is 5.10. The first-order chi connectivity index (χ1) is 8.76. The van der Waals surface area contributed by atoms with E-state index in [1.54, 1.807) is 7.11 Å². The smallest absolute Gasteiger partial charge is 0.121 e. The second kappa shape index (κ2) is 4.53. The van der Waals surface area contributed by atoms with Crippen LogP contribution >= 0.6 is 0 Å². The molecule has 3 rings (SSSR count). The lowest BCUT2D eigenvalue weighted by Gasteiger charge is -2.30. The lowest BCUT2D eigenvalue weighted by Crippen LogP contribution is -2.43. The summed E-state index contributed by atoms with van der Waals surface area (Å²) < 4.78 is 5.51. The number of nitrogens with one attached hydrogen (secondary N) is 1. The number of benzene rings is 1. The molecule has 98 valence electrons. The van der Waals surface area contributed by atoms with Crippen molar-refractivity contribution in [3.63, 3.8) is 0 Å². The summed E-state index contributed by atoms with van der Waals surface area (Å²) in [4.78, 5) is 2.37. The van der Waals surface area contributed by atoms with E-state index in [0.29, 0.717) is 6.42 Å². The molecule has 1 heterocycles. The van der Waals surface area contributed by atoms with Crippen molar-refractivity contribution in [2.24, 2.45) is 0 Å². The van der Waals surface area contributed by atoms with E-state index in [4.69, 9.17) is 4.74 Å². The summed E-state index contributed by atoms with van der Waals surface area (Å²) in [6, 6.07) is 8.39. The standard InChI is InChI=1S/C14H20N2O2/c1-18-14(10-13(14)17)11-3-2-4-12(9-11)16-7-5-15-6-8-16/h2-4,9,13,15,17H,5-8,10H2,1H3. The van der Waals surface area contributed by atoms with Gasteiger partial charge in [-0.25, -0.2) is 0 Å². The number of aliphatic hydroxyl groups is 1. The highest BCUT2D eigenvalue weighted by Gasteiger charge is 2.55. The molecule has 1 aliphatic carbocycles. The third-order valence-electron chi connectivity index (χ3n) is 4.06. The number of methoxy groups -OCH3 is 1. The van der Waals surface area contributed by atoms with Gasteiger partial charge >= 0.3 is 0 Å². The molecule has 0 bridgehead atoms. The Balaban J connectivity index is 1.85. The minimum Gasteiger partial charge on any atom is -0.390 e. The Hall–Kier alpha value is -1.10. The first kappa shape index (κ1) is 12.0. The summed E-state index contributed by atoms with van der Waals surface area (Å²) in [5.74, 6) is 0. The average molecular weight is 248 g/mol. The van der Waals surface area contributed by atoms with Gasteiger partial charge in [0.25, 0.3) is 0 Å². The fourth-order valence-corrected chi connectivity index (χ4v) is 2.76. The molecule has 1 aromatic carbocycles. The molecule has 2 fully saturated rings. The maximum absolute atomic E-state index is 9.78. The fraction of sp³-hybridized carbons (Fsp3) is 0.571. The number of anilines is 1. The van der Waals surface area contributed by atoms with Gasteiger partial charge in [-0.15, -0.1) is 0 Å². The van der Waals surface area contributed by atoms with Gasteiger partial charge < -0.3 is 20.1 Å². The highest BCUT2D eigenvalue weighted by atomic mass is 16.5. The predicted octanol–water partition coefficient (Wildman–Crippen LogP) is 0.702. The molecule has 0 radical (unpaired) electrons. The number of hydrogen-bond donors (Lipinski definition) is 2. The first-order valence-electron chi connectivity index (χ1n) is 6.56. The highest BCUT2D eigenvalue weighted by molar-refractivity contribution is 5.51. The third kappa shape index (κ3) is 1.90. The second-order valence-electron chi connectivity index (χ2n) is 5.10. The van der Waals surface area contributed by atoms with Gasteiger partial charge in [0.15, 0.2) is 0 Å². The molecule has 2 unspecified atom stereocenters. The molecule has 1 saturated heterocycles. The Morgan fingerprint density at radius 3 is 2.72 bits per heavy atom. The molecule has 0 amide bonds. The summed E-state index contributed by atoms with van der Waals surface area (Å²) in [5, 5.41) is 13.1. The van der Waals surface area contributed by atoms with Crippen LogP contribution in [0.25, 0.3) is 0 Å². The molecule has 18 heavy (non-hydrogen) atoms. The van der Waals surface area contributed by atoms with Crippen LogP contribution in [0.1, 0.15) is 12.0 Å². The predicted molar refractivity (Wildman–Crippen MR) is 70.8 cm³/mol. The van der Waals surface area contributed by atoms with Gasteiger partial charge in [-0.3, -0.25) is 0 Å². The Kier molecular flexibility index (Phi) is 3.01. The zero-order valence-electron chi connectivity index (χ0n) is 10.7. The van der Waals surface area contributed by atoms with Crippen LogP contribution in [0.2, 0.25) is 0 Å². The number of aliphatic hydroxyl groups excluding tert-OH is 1. The molecule has 4 heteroatoms. The van der Waals surface area contributed by atoms with Crippen molar-refractivity contribution in [1.29, 1.82) is 0 Å². The molecule has 1 aliphatic heterocycles. The normalized spacial score (nSPS) is 31.4. The van der Waals surface area contributed by atoms with Crippen molar-refractivity contribution in [2.75, 3.05) is 38.2 Å². The van der Waals surface area contributed by atoms with E-state index in [-0.39, 0.29) is 6.10 Å². The fourth-order valence-electron chi connectivity index (χ4n) is 2.76. The van der Waals surface area contributed by atoms with Crippen molar-refractivity contribution < 1.29 is 9.84 Å². The van der Waals surface area contributed by atoms with E-state index in [2.05, 4.69) is 28.4 Å². The topological polar surface area (TPSA) is 44.7 Å². The SMILES string of the molecule is COC1(c2cccc(N3CCNCC3)c2)CC1O. The third-order valence-corrected chi connectivity index (χ3v) is 4.06. The van der Waals surface area contributed by atoms with E-state index in [1.807, 2.05) is 6.07 Å². The van der Waals surface area contributed by atoms with Crippen LogP contribution in [0.15, 0.2) is 24.3 Å². The van der Waals surface area contributed by atoms with Gasteiger partial charge in [0.1, 0.15) is 5.60 Å². The van der Waals surface area contributed by atoms with Crippen LogP contribution in [-0.4, -0.2) is 44.5 Å². The minimum atomic E-state index is -0.454. The van der Waals surface area contributed by atoms with Crippen LogP contribution in [0.5, 0.6) is 0 Å². The quantitative estimate of drug-likeness (QED) is 0.826. The van der Waals surface area contributed by atoms with Crippen molar-refractivity contribution in [1.82, 2.24) is 5.32 Å². The van der Waals surface area contributed by atoms with Crippen LogP contribution < -0.4 is 10.2 Å². The minimum absolute atomic E-state index is 0.360. The summed E-state index contributed by atoms with van der Waals surface area (Å²) in [5.41, 5.74) is 1.86. The molecule has 4 nitrogen and oxygen atoms in total. The van der Waals surface area contributed by atoms with Gasteiger partial charge in [0.05, 0.1) is 6.10 Å². The van der Waals surface area contributed by atoms with Crippen LogP contribution in [-0.2, 0) is 10.3 Å². The Morgan fingerprint density at radius 2 is 2.11 bits per heavy atom.